The number of rotatable bonds is 6. The van der Waals surface area contributed by atoms with Crippen LogP contribution in [0, 0.1) is 0 Å². The fourth-order valence-corrected chi connectivity index (χ4v) is 1.91. The van der Waals surface area contributed by atoms with Gasteiger partial charge in [-0.15, -0.1) is 0 Å². The molecule has 0 saturated carbocycles. The number of aliphatic carboxylic acids is 1. The fourth-order valence-electron chi connectivity index (χ4n) is 1.91. The van der Waals surface area contributed by atoms with E-state index in [-0.39, 0.29) is 31.9 Å². The summed E-state index contributed by atoms with van der Waals surface area (Å²) in [5.74, 6) is -1.96. The number of carbonyl (C=O) groups is 4. The maximum Gasteiger partial charge on any atom is 0.323 e. The van der Waals surface area contributed by atoms with Crippen LogP contribution >= 0.6 is 0 Å². The number of amides is 4. The molecule has 9 heteroatoms. The van der Waals surface area contributed by atoms with Gasteiger partial charge in [-0.25, -0.2) is 4.79 Å². The van der Waals surface area contributed by atoms with Crippen molar-refractivity contribution in [2.75, 3.05) is 33.9 Å². The predicted octanol–water partition coefficient (Wildman–Crippen LogP) is -1.12. The van der Waals surface area contributed by atoms with E-state index in [2.05, 4.69) is 5.32 Å². The molecule has 1 rings (SSSR count). The highest BCUT2D eigenvalue weighted by molar-refractivity contribution is 6.01. The summed E-state index contributed by atoms with van der Waals surface area (Å²) in [6, 6.07) is -1.49. The van der Waals surface area contributed by atoms with Gasteiger partial charge in [-0.1, -0.05) is 0 Å². The highest BCUT2D eigenvalue weighted by atomic mass is 16.5. The predicted molar refractivity (Wildman–Crippen MR) is 70.4 cm³/mol. The number of piperidine rings is 1. The van der Waals surface area contributed by atoms with E-state index in [0.717, 1.165) is 9.80 Å². The molecule has 118 valence electrons. The van der Waals surface area contributed by atoms with E-state index >= 15 is 0 Å². The Bertz CT molecular complexity index is 439. The van der Waals surface area contributed by atoms with Gasteiger partial charge in [-0.05, 0) is 6.42 Å². The topological polar surface area (TPSA) is 116 Å². The number of carboxylic acid groups (broad SMARTS) is 1. The van der Waals surface area contributed by atoms with Crippen LogP contribution in [0.5, 0.6) is 0 Å². The van der Waals surface area contributed by atoms with E-state index < -0.39 is 30.5 Å². The first-order valence-corrected chi connectivity index (χ1v) is 6.43. The molecule has 0 aromatic carbocycles. The first-order chi connectivity index (χ1) is 9.86. The van der Waals surface area contributed by atoms with Crippen molar-refractivity contribution in [2.45, 2.75) is 18.9 Å². The molecule has 4 amide bonds. The number of methoxy groups -OCH3 is 1. The van der Waals surface area contributed by atoms with E-state index in [1.165, 1.54) is 14.2 Å². The van der Waals surface area contributed by atoms with Crippen LogP contribution in [0.3, 0.4) is 0 Å². The largest absolute Gasteiger partial charge is 0.480 e. The van der Waals surface area contributed by atoms with Crippen molar-refractivity contribution in [1.82, 2.24) is 15.1 Å². The number of ether oxygens (including phenoxy) is 1. The minimum Gasteiger partial charge on any atom is -0.480 e. The zero-order chi connectivity index (χ0) is 16.0. The summed E-state index contributed by atoms with van der Waals surface area (Å²) in [4.78, 5) is 48.0. The summed E-state index contributed by atoms with van der Waals surface area (Å²) in [5.41, 5.74) is 0. The second-order valence-electron chi connectivity index (χ2n) is 4.64. The molecule has 1 heterocycles. The van der Waals surface area contributed by atoms with Crippen molar-refractivity contribution in [3.8, 4) is 0 Å². The van der Waals surface area contributed by atoms with Gasteiger partial charge in [0.25, 0.3) is 5.91 Å². The number of carbonyl (C=O) groups excluding carboxylic acids is 3. The first kappa shape index (κ1) is 16.9. The van der Waals surface area contributed by atoms with Crippen molar-refractivity contribution >= 4 is 23.8 Å². The summed E-state index contributed by atoms with van der Waals surface area (Å²) in [5, 5.41) is 11.2. The van der Waals surface area contributed by atoms with Gasteiger partial charge in [-0.3, -0.25) is 19.3 Å². The minimum atomic E-state index is -1.16. The molecule has 1 fully saturated rings. The monoisotopic (exact) mass is 301 g/mol. The Hall–Kier alpha value is -2.16. The third kappa shape index (κ3) is 4.71. The number of nitrogens with zero attached hydrogens (tertiary/aromatic N) is 2. The van der Waals surface area contributed by atoms with Crippen LogP contribution in [0.4, 0.5) is 4.79 Å². The van der Waals surface area contributed by atoms with Gasteiger partial charge in [0, 0.05) is 27.1 Å². The smallest absolute Gasteiger partial charge is 0.323 e. The lowest BCUT2D eigenvalue weighted by Crippen LogP contribution is -2.56. The minimum absolute atomic E-state index is 0.0876. The Morgan fingerprint density at radius 3 is 2.71 bits per heavy atom. The third-order valence-electron chi connectivity index (χ3n) is 3.13. The van der Waals surface area contributed by atoms with E-state index in [9.17, 15) is 19.2 Å². The van der Waals surface area contributed by atoms with Crippen LogP contribution in [0.25, 0.3) is 0 Å². The molecule has 0 aliphatic carbocycles. The van der Waals surface area contributed by atoms with Crippen LogP contribution in [0.2, 0.25) is 0 Å². The molecule has 0 aromatic heterocycles. The third-order valence-corrected chi connectivity index (χ3v) is 3.13. The van der Waals surface area contributed by atoms with Crippen molar-refractivity contribution < 1.29 is 29.0 Å². The number of likely N-dealkylation sites (N-methyl/N-ethyl adjacent to an activating group) is 1. The van der Waals surface area contributed by atoms with Crippen LogP contribution in [-0.2, 0) is 19.1 Å². The molecule has 1 atom stereocenters. The van der Waals surface area contributed by atoms with Gasteiger partial charge in [0.05, 0.1) is 6.61 Å². The van der Waals surface area contributed by atoms with E-state index in [0.29, 0.717) is 0 Å². The van der Waals surface area contributed by atoms with Gasteiger partial charge in [0.15, 0.2) is 0 Å². The summed E-state index contributed by atoms with van der Waals surface area (Å²) in [6.45, 7) is -0.229. The van der Waals surface area contributed by atoms with E-state index in [1.807, 2.05) is 0 Å². The van der Waals surface area contributed by atoms with Crippen molar-refractivity contribution in [2.24, 2.45) is 0 Å². The molecule has 1 aliphatic heterocycles. The summed E-state index contributed by atoms with van der Waals surface area (Å²) in [7, 11) is 2.78. The standard InChI is InChI=1S/C12H19N3O6/c1-14-9(16)4-3-8(11(14)19)13-12(20)15(5-6-21-2)7-10(17)18/h8H,3-7H2,1-2H3,(H,13,20)(H,17,18). The lowest BCUT2D eigenvalue weighted by Gasteiger charge is -2.30. The number of hydrogen-bond acceptors (Lipinski definition) is 5. The number of carboxylic acids is 1. The molecule has 0 spiro atoms. The Morgan fingerprint density at radius 1 is 1.48 bits per heavy atom. The highest BCUT2D eigenvalue weighted by Crippen LogP contribution is 2.11. The molecule has 21 heavy (non-hydrogen) atoms. The highest BCUT2D eigenvalue weighted by Gasteiger charge is 2.33. The first-order valence-electron chi connectivity index (χ1n) is 6.43. The van der Waals surface area contributed by atoms with Gasteiger partial charge in [-0.2, -0.15) is 0 Å². The lowest BCUT2D eigenvalue weighted by atomic mass is 10.1. The molecule has 1 aliphatic rings. The molecule has 2 N–H and O–H groups in total. The normalized spacial score (nSPS) is 18.6. The Labute approximate surface area is 121 Å². The summed E-state index contributed by atoms with van der Waals surface area (Å²) in [6.07, 6.45) is 0.364. The summed E-state index contributed by atoms with van der Waals surface area (Å²) >= 11 is 0. The molecular formula is C12H19N3O6. The van der Waals surface area contributed by atoms with Crippen LogP contribution in [0.15, 0.2) is 0 Å². The number of nitrogens with one attached hydrogen (secondary N) is 1. The number of imide groups is 1. The molecule has 1 unspecified atom stereocenters. The SMILES string of the molecule is COCCN(CC(=O)O)C(=O)NC1CCC(=O)N(C)C1=O. The number of hydrogen-bond donors (Lipinski definition) is 2. The van der Waals surface area contributed by atoms with Crippen molar-refractivity contribution in [3.63, 3.8) is 0 Å². The lowest BCUT2D eigenvalue weighted by molar-refractivity contribution is -0.147. The Balaban J connectivity index is 2.65. The van der Waals surface area contributed by atoms with Gasteiger partial charge in [0.2, 0.25) is 5.91 Å². The zero-order valence-electron chi connectivity index (χ0n) is 12.0. The molecule has 9 nitrogen and oxygen atoms in total. The van der Waals surface area contributed by atoms with Crippen LogP contribution in [-0.4, -0.2) is 78.6 Å². The number of likely N-dealkylation sites (tertiary alicyclic amines) is 1. The van der Waals surface area contributed by atoms with Crippen molar-refractivity contribution in [1.29, 1.82) is 0 Å². The number of urea groups is 1. The zero-order valence-corrected chi connectivity index (χ0v) is 12.0. The van der Waals surface area contributed by atoms with Gasteiger partial charge >= 0.3 is 12.0 Å². The summed E-state index contributed by atoms with van der Waals surface area (Å²) < 4.78 is 4.81. The van der Waals surface area contributed by atoms with Gasteiger partial charge < -0.3 is 20.1 Å². The molecule has 0 bridgehead atoms. The molecule has 0 aromatic rings. The van der Waals surface area contributed by atoms with Crippen LogP contribution in [0.1, 0.15) is 12.8 Å². The molecule has 0 radical (unpaired) electrons. The average molecular weight is 301 g/mol. The molecular weight excluding hydrogens is 282 g/mol. The average Bonchev–Trinajstić information content (AvgIpc) is 2.43. The maximum atomic E-state index is 12.0. The van der Waals surface area contributed by atoms with Crippen molar-refractivity contribution in [3.05, 3.63) is 0 Å². The molecule has 1 saturated heterocycles. The Kier molecular flexibility index (Phi) is 6.10. The fraction of sp³-hybridized carbons (Fsp3) is 0.667. The second-order valence-corrected chi connectivity index (χ2v) is 4.64. The maximum absolute atomic E-state index is 12.0. The Morgan fingerprint density at radius 2 is 2.14 bits per heavy atom. The van der Waals surface area contributed by atoms with E-state index in [1.54, 1.807) is 0 Å². The van der Waals surface area contributed by atoms with E-state index in [4.69, 9.17) is 9.84 Å². The van der Waals surface area contributed by atoms with Gasteiger partial charge in [0.1, 0.15) is 12.6 Å². The quantitative estimate of drug-likeness (QED) is 0.600. The second kappa shape index (κ2) is 7.58. The van der Waals surface area contributed by atoms with Crippen LogP contribution < -0.4 is 5.32 Å².